The van der Waals surface area contributed by atoms with Gasteiger partial charge in [0.2, 0.25) is 5.91 Å². The number of halogens is 1. The van der Waals surface area contributed by atoms with Crippen molar-refractivity contribution in [3.8, 4) is 0 Å². The normalized spacial score (nSPS) is 10.5. The first-order valence-electron chi connectivity index (χ1n) is 8.10. The van der Waals surface area contributed by atoms with Crippen LogP contribution >= 0.6 is 11.6 Å². The molecule has 1 aromatic carbocycles. The van der Waals surface area contributed by atoms with Crippen LogP contribution < -0.4 is 0 Å². The Morgan fingerprint density at radius 1 is 1.04 bits per heavy atom. The molecule has 0 fully saturated rings. The molecule has 3 nitrogen and oxygen atoms in total. The molecule has 2 rings (SSSR count). The smallest absolute Gasteiger partial charge is 0.222 e. The largest absolute Gasteiger partial charge is 0.343 e. The van der Waals surface area contributed by atoms with Gasteiger partial charge in [0.15, 0.2) is 0 Å². The standard InChI is InChI=1S/C19H23ClN2O/c1-2-22(15-12-17-10-13-21-14-11-17)19(23)5-3-4-16-6-8-18(20)9-7-16/h6-11,13-14H,2-5,12,15H2,1H3. The molecule has 0 unspecified atom stereocenters. The zero-order valence-electron chi connectivity index (χ0n) is 13.5. The molecule has 4 heteroatoms. The van der Waals surface area contributed by atoms with Crippen molar-refractivity contribution < 1.29 is 4.79 Å². The maximum absolute atomic E-state index is 12.3. The van der Waals surface area contributed by atoms with Crippen molar-refractivity contribution in [3.05, 3.63) is 64.9 Å². The molecule has 23 heavy (non-hydrogen) atoms. The molecule has 0 atom stereocenters. The van der Waals surface area contributed by atoms with Gasteiger partial charge < -0.3 is 4.90 Å². The van der Waals surface area contributed by atoms with Gasteiger partial charge in [0.05, 0.1) is 0 Å². The third-order valence-electron chi connectivity index (χ3n) is 3.92. The number of rotatable bonds is 8. The second-order valence-corrected chi connectivity index (χ2v) is 6.00. The van der Waals surface area contributed by atoms with Crippen LogP contribution in [-0.2, 0) is 17.6 Å². The quantitative estimate of drug-likeness (QED) is 0.728. The van der Waals surface area contributed by atoms with Gasteiger partial charge in [-0.25, -0.2) is 0 Å². The van der Waals surface area contributed by atoms with Crippen LogP contribution in [0.3, 0.4) is 0 Å². The number of aromatic nitrogens is 1. The van der Waals surface area contributed by atoms with Gasteiger partial charge in [-0.1, -0.05) is 23.7 Å². The van der Waals surface area contributed by atoms with Crippen LogP contribution in [0.1, 0.15) is 30.9 Å². The number of hydrogen-bond donors (Lipinski definition) is 0. The highest BCUT2D eigenvalue weighted by Gasteiger charge is 2.11. The third-order valence-corrected chi connectivity index (χ3v) is 4.18. The number of amides is 1. The summed E-state index contributed by atoms with van der Waals surface area (Å²) in [6, 6.07) is 11.8. The molecular weight excluding hydrogens is 308 g/mol. The summed E-state index contributed by atoms with van der Waals surface area (Å²) >= 11 is 5.88. The summed E-state index contributed by atoms with van der Waals surface area (Å²) < 4.78 is 0. The van der Waals surface area contributed by atoms with Crippen molar-refractivity contribution >= 4 is 17.5 Å². The SMILES string of the molecule is CCN(CCc1ccncc1)C(=O)CCCc1ccc(Cl)cc1. The molecule has 0 radical (unpaired) electrons. The van der Waals surface area contributed by atoms with E-state index in [0.717, 1.165) is 37.4 Å². The Labute approximate surface area is 143 Å². The third kappa shape index (κ3) is 6.03. The average Bonchev–Trinajstić information content (AvgIpc) is 2.58. The fourth-order valence-corrected chi connectivity index (χ4v) is 2.65. The zero-order chi connectivity index (χ0) is 16.5. The Kier molecular flexibility index (Phi) is 7.08. The van der Waals surface area contributed by atoms with E-state index in [1.165, 1.54) is 11.1 Å². The van der Waals surface area contributed by atoms with Gasteiger partial charge in [-0.05, 0) is 61.6 Å². The second-order valence-electron chi connectivity index (χ2n) is 5.56. The van der Waals surface area contributed by atoms with Crippen molar-refractivity contribution in [2.24, 2.45) is 0 Å². The van der Waals surface area contributed by atoms with Crippen molar-refractivity contribution in [3.63, 3.8) is 0 Å². The number of benzene rings is 1. The highest BCUT2D eigenvalue weighted by molar-refractivity contribution is 6.30. The summed E-state index contributed by atoms with van der Waals surface area (Å²) in [6.07, 6.45) is 6.82. The summed E-state index contributed by atoms with van der Waals surface area (Å²) in [5.41, 5.74) is 2.44. The zero-order valence-corrected chi connectivity index (χ0v) is 14.3. The number of aryl methyl sites for hydroxylation is 1. The second kappa shape index (κ2) is 9.31. The number of nitrogens with zero attached hydrogens (tertiary/aromatic N) is 2. The first-order chi connectivity index (χ1) is 11.2. The van der Waals surface area contributed by atoms with Crippen LogP contribution in [0.5, 0.6) is 0 Å². The lowest BCUT2D eigenvalue weighted by molar-refractivity contribution is -0.131. The lowest BCUT2D eigenvalue weighted by Gasteiger charge is -2.21. The van der Waals surface area contributed by atoms with Crippen molar-refractivity contribution in [1.29, 1.82) is 0 Å². The highest BCUT2D eigenvalue weighted by Crippen LogP contribution is 2.12. The maximum Gasteiger partial charge on any atom is 0.222 e. The van der Waals surface area contributed by atoms with Crippen molar-refractivity contribution in [1.82, 2.24) is 9.88 Å². The number of pyridine rings is 1. The number of hydrogen-bond acceptors (Lipinski definition) is 2. The maximum atomic E-state index is 12.3. The molecule has 0 N–H and O–H groups in total. The Bertz CT molecular complexity index is 599. The average molecular weight is 331 g/mol. The van der Waals surface area contributed by atoms with Crippen LogP contribution in [0.2, 0.25) is 5.02 Å². The van der Waals surface area contributed by atoms with E-state index < -0.39 is 0 Å². The van der Waals surface area contributed by atoms with Crippen molar-refractivity contribution in [2.75, 3.05) is 13.1 Å². The minimum Gasteiger partial charge on any atom is -0.343 e. The van der Waals surface area contributed by atoms with E-state index in [-0.39, 0.29) is 5.91 Å². The van der Waals surface area contributed by atoms with Gasteiger partial charge in [0, 0.05) is 36.9 Å². The Morgan fingerprint density at radius 2 is 1.70 bits per heavy atom. The van der Waals surface area contributed by atoms with E-state index in [2.05, 4.69) is 4.98 Å². The number of carbonyl (C=O) groups is 1. The monoisotopic (exact) mass is 330 g/mol. The molecule has 1 amide bonds. The van der Waals surface area contributed by atoms with Crippen molar-refractivity contribution in [2.45, 2.75) is 32.6 Å². The molecule has 0 aliphatic heterocycles. The van der Waals surface area contributed by atoms with Crippen LogP contribution in [0.25, 0.3) is 0 Å². The molecule has 1 aromatic heterocycles. The summed E-state index contributed by atoms with van der Waals surface area (Å²) in [5, 5.41) is 0.748. The van der Waals surface area contributed by atoms with E-state index in [1.54, 1.807) is 12.4 Å². The number of carbonyl (C=O) groups excluding carboxylic acids is 1. The molecule has 0 bridgehead atoms. The summed E-state index contributed by atoms with van der Waals surface area (Å²) in [6.45, 7) is 3.55. The molecule has 0 saturated carbocycles. The first-order valence-corrected chi connectivity index (χ1v) is 8.48. The molecule has 0 aliphatic carbocycles. The van der Waals surface area contributed by atoms with Crippen LogP contribution in [-0.4, -0.2) is 28.9 Å². The highest BCUT2D eigenvalue weighted by atomic mass is 35.5. The van der Waals surface area contributed by atoms with Crippen LogP contribution in [0.15, 0.2) is 48.8 Å². The predicted molar refractivity (Wildman–Crippen MR) is 94.6 cm³/mol. The molecule has 1 heterocycles. The Morgan fingerprint density at radius 3 is 2.35 bits per heavy atom. The lowest BCUT2D eigenvalue weighted by Crippen LogP contribution is -2.32. The fourth-order valence-electron chi connectivity index (χ4n) is 2.53. The number of likely N-dealkylation sites (N-methyl/N-ethyl adjacent to an activating group) is 1. The van der Waals surface area contributed by atoms with Crippen LogP contribution in [0.4, 0.5) is 0 Å². The van der Waals surface area contributed by atoms with E-state index in [9.17, 15) is 4.79 Å². The van der Waals surface area contributed by atoms with E-state index in [1.807, 2.05) is 48.2 Å². The predicted octanol–water partition coefficient (Wildman–Crippen LogP) is 4.15. The van der Waals surface area contributed by atoms with Gasteiger partial charge in [0.25, 0.3) is 0 Å². The molecule has 122 valence electrons. The van der Waals surface area contributed by atoms with E-state index in [4.69, 9.17) is 11.6 Å². The molecule has 0 spiro atoms. The van der Waals surface area contributed by atoms with Gasteiger partial charge >= 0.3 is 0 Å². The summed E-state index contributed by atoms with van der Waals surface area (Å²) in [5.74, 6) is 0.232. The molecule has 2 aromatic rings. The first kappa shape index (κ1) is 17.5. The van der Waals surface area contributed by atoms with Gasteiger partial charge in [-0.2, -0.15) is 0 Å². The minimum absolute atomic E-state index is 0.232. The topological polar surface area (TPSA) is 33.2 Å². The Hall–Kier alpha value is -1.87. The van der Waals surface area contributed by atoms with E-state index >= 15 is 0 Å². The molecule has 0 saturated heterocycles. The molecule has 0 aliphatic rings. The van der Waals surface area contributed by atoms with Gasteiger partial charge in [-0.15, -0.1) is 0 Å². The van der Waals surface area contributed by atoms with Crippen LogP contribution in [0, 0.1) is 0 Å². The minimum atomic E-state index is 0.232. The lowest BCUT2D eigenvalue weighted by atomic mass is 10.1. The van der Waals surface area contributed by atoms with Gasteiger partial charge in [-0.3, -0.25) is 9.78 Å². The fraction of sp³-hybridized carbons (Fsp3) is 0.368. The van der Waals surface area contributed by atoms with Gasteiger partial charge in [0.1, 0.15) is 0 Å². The molecular formula is C19H23ClN2O. The summed E-state index contributed by atoms with van der Waals surface area (Å²) in [4.78, 5) is 18.3. The van der Waals surface area contributed by atoms with E-state index in [0.29, 0.717) is 6.42 Å². The summed E-state index contributed by atoms with van der Waals surface area (Å²) in [7, 11) is 0. The Balaban J connectivity index is 1.75.